The van der Waals surface area contributed by atoms with E-state index in [2.05, 4.69) is 16.7 Å². The normalized spacial score (nSPS) is 10.1. The first-order chi connectivity index (χ1) is 15.3. The summed E-state index contributed by atoms with van der Waals surface area (Å²) in [5.74, 6) is -1.02. The number of nitrogens with zero attached hydrogens (tertiary/aromatic N) is 1. The van der Waals surface area contributed by atoms with Crippen molar-refractivity contribution < 1.29 is 9.59 Å². The van der Waals surface area contributed by atoms with Crippen molar-refractivity contribution in [2.75, 3.05) is 10.6 Å². The molecule has 0 aliphatic heterocycles. The molecule has 0 saturated heterocycles. The number of amides is 2. The summed E-state index contributed by atoms with van der Waals surface area (Å²) in [6.07, 6.45) is 1.53. The Morgan fingerprint density at radius 1 is 0.750 bits per heavy atom. The van der Waals surface area contributed by atoms with Gasteiger partial charge >= 0.3 is 0 Å². The summed E-state index contributed by atoms with van der Waals surface area (Å²) in [6, 6.07) is 20.1. The number of nitrogens with one attached hydrogen (secondary N) is 2. The van der Waals surface area contributed by atoms with Gasteiger partial charge in [0.1, 0.15) is 5.57 Å². The van der Waals surface area contributed by atoms with Gasteiger partial charge in [-0.25, -0.2) is 0 Å². The molecule has 2 N–H and O–H groups in total. The number of aryl methyl sites for hydroxylation is 4. The highest BCUT2D eigenvalue weighted by Gasteiger charge is 2.20. The first kappa shape index (κ1) is 22.5. The second kappa shape index (κ2) is 9.76. The van der Waals surface area contributed by atoms with Gasteiger partial charge in [-0.2, -0.15) is 5.26 Å². The Balaban J connectivity index is 1.95. The molecule has 32 heavy (non-hydrogen) atoms. The van der Waals surface area contributed by atoms with Crippen LogP contribution in [-0.4, -0.2) is 11.8 Å². The van der Waals surface area contributed by atoms with Gasteiger partial charge in [-0.3, -0.25) is 9.59 Å². The summed E-state index contributed by atoms with van der Waals surface area (Å²) in [5, 5.41) is 14.7. The molecular weight excluding hydrogens is 398 g/mol. The van der Waals surface area contributed by atoms with Crippen LogP contribution in [0.5, 0.6) is 0 Å². The third-order valence-electron chi connectivity index (χ3n) is 5.10. The molecule has 3 rings (SSSR count). The van der Waals surface area contributed by atoms with Crippen LogP contribution in [-0.2, 0) is 9.59 Å². The molecule has 0 aromatic heterocycles. The zero-order valence-corrected chi connectivity index (χ0v) is 18.6. The van der Waals surface area contributed by atoms with Crippen molar-refractivity contribution in [1.29, 1.82) is 5.26 Å². The minimum Gasteiger partial charge on any atom is -0.322 e. The fraction of sp³-hybridized carbons (Fsp3) is 0.148. The maximum Gasteiger partial charge on any atom is 0.261 e. The monoisotopic (exact) mass is 423 g/mol. The molecule has 2 amide bonds. The molecule has 0 radical (unpaired) electrons. The molecule has 0 aliphatic rings. The Labute approximate surface area is 188 Å². The Morgan fingerprint density at radius 3 is 1.62 bits per heavy atom. The summed E-state index contributed by atoms with van der Waals surface area (Å²) in [5.41, 5.74) is 6.39. The van der Waals surface area contributed by atoms with Gasteiger partial charge in [-0.05, 0) is 74.7 Å². The number of hydrogen-bond donors (Lipinski definition) is 2. The molecule has 3 aromatic carbocycles. The second-order valence-electron chi connectivity index (χ2n) is 7.84. The summed E-state index contributed by atoms with van der Waals surface area (Å²) < 4.78 is 0. The predicted octanol–water partition coefficient (Wildman–Crippen LogP) is 5.45. The van der Waals surface area contributed by atoms with Crippen LogP contribution < -0.4 is 10.6 Å². The number of benzene rings is 3. The lowest BCUT2D eigenvalue weighted by atomic mass is 10.1. The van der Waals surface area contributed by atoms with Gasteiger partial charge in [0.05, 0.1) is 11.6 Å². The van der Waals surface area contributed by atoms with Gasteiger partial charge in [0.15, 0.2) is 0 Å². The molecule has 5 heteroatoms. The lowest BCUT2D eigenvalue weighted by Crippen LogP contribution is -2.26. The lowest BCUT2D eigenvalue weighted by molar-refractivity contribution is -0.118. The number of nitriles is 1. The van der Waals surface area contributed by atoms with Crippen molar-refractivity contribution in [3.8, 4) is 6.07 Å². The van der Waals surface area contributed by atoms with Crippen LogP contribution >= 0.6 is 0 Å². The third-order valence-corrected chi connectivity index (χ3v) is 5.10. The maximum absolute atomic E-state index is 13.2. The fourth-order valence-electron chi connectivity index (χ4n) is 3.34. The molecule has 3 aromatic rings. The molecule has 0 fully saturated rings. The standard InChI is InChI=1S/C27H25N3O2/c1-17-5-11-24(19(3)13-17)29-26(31)23(15-21-7-9-22(16-28)10-8-21)27(32)30-25-12-6-18(2)14-20(25)4/h5-15H,1-4H3,(H,29,31)(H,30,32). The highest BCUT2D eigenvalue weighted by atomic mass is 16.2. The molecule has 0 unspecified atom stereocenters. The van der Waals surface area contributed by atoms with E-state index in [0.29, 0.717) is 22.5 Å². The summed E-state index contributed by atoms with van der Waals surface area (Å²) in [4.78, 5) is 26.3. The minimum absolute atomic E-state index is 0.0327. The summed E-state index contributed by atoms with van der Waals surface area (Å²) in [6.45, 7) is 7.77. The highest BCUT2D eigenvalue weighted by molar-refractivity contribution is 6.29. The minimum atomic E-state index is -0.511. The Hall–Kier alpha value is -4.17. The van der Waals surface area contributed by atoms with Crippen LogP contribution in [0.2, 0.25) is 0 Å². The Bertz CT molecular complexity index is 1180. The molecule has 0 atom stereocenters. The number of carbonyl (C=O) groups is 2. The van der Waals surface area contributed by atoms with Crippen molar-refractivity contribution >= 4 is 29.3 Å². The van der Waals surface area contributed by atoms with Crippen molar-refractivity contribution in [1.82, 2.24) is 0 Å². The topological polar surface area (TPSA) is 82.0 Å². The SMILES string of the molecule is Cc1ccc(NC(=O)C(=Cc2ccc(C#N)cc2)C(=O)Nc2ccc(C)cc2C)c(C)c1. The van der Waals surface area contributed by atoms with Crippen LogP contribution in [0.25, 0.3) is 6.08 Å². The van der Waals surface area contributed by atoms with Crippen molar-refractivity contribution in [3.63, 3.8) is 0 Å². The van der Waals surface area contributed by atoms with Crippen molar-refractivity contribution in [2.24, 2.45) is 0 Å². The lowest BCUT2D eigenvalue weighted by Gasteiger charge is -2.14. The number of carbonyl (C=O) groups excluding carboxylic acids is 2. The smallest absolute Gasteiger partial charge is 0.261 e. The molecule has 0 heterocycles. The van der Waals surface area contributed by atoms with Crippen LogP contribution in [0.1, 0.15) is 33.4 Å². The summed E-state index contributed by atoms with van der Waals surface area (Å²) in [7, 11) is 0. The zero-order valence-electron chi connectivity index (χ0n) is 18.6. The quantitative estimate of drug-likeness (QED) is 0.325. The molecule has 0 spiro atoms. The number of rotatable bonds is 5. The van der Waals surface area contributed by atoms with E-state index in [1.807, 2.05) is 64.1 Å². The van der Waals surface area contributed by atoms with Gasteiger partial charge < -0.3 is 10.6 Å². The molecule has 0 bridgehead atoms. The van der Waals surface area contributed by atoms with Crippen LogP contribution in [0.3, 0.4) is 0 Å². The first-order valence-electron chi connectivity index (χ1n) is 10.3. The van der Waals surface area contributed by atoms with Crippen LogP contribution in [0.4, 0.5) is 11.4 Å². The van der Waals surface area contributed by atoms with Gasteiger partial charge in [-0.15, -0.1) is 0 Å². The molecule has 0 aliphatic carbocycles. The van der Waals surface area contributed by atoms with E-state index < -0.39 is 11.8 Å². The van der Waals surface area contributed by atoms with E-state index in [9.17, 15) is 9.59 Å². The van der Waals surface area contributed by atoms with Crippen LogP contribution in [0.15, 0.2) is 66.2 Å². The van der Waals surface area contributed by atoms with E-state index in [0.717, 1.165) is 22.3 Å². The molecular formula is C27H25N3O2. The van der Waals surface area contributed by atoms with Crippen molar-refractivity contribution in [3.05, 3.63) is 99.6 Å². The van der Waals surface area contributed by atoms with E-state index in [1.54, 1.807) is 24.3 Å². The average molecular weight is 424 g/mol. The van der Waals surface area contributed by atoms with E-state index in [-0.39, 0.29) is 5.57 Å². The van der Waals surface area contributed by atoms with Gasteiger partial charge in [0, 0.05) is 11.4 Å². The average Bonchev–Trinajstić information content (AvgIpc) is 2.76. The fourth-order valence-corrected chi connectivity index (χ4v) is 3.34. The largest absolute Gasteiger partial charge is 0.322 e. The van der Waals surface area contributed by atoms with E-state index >= 15 is 0 Å². The highest BCUT2D eigenvalue weighted by Crippen LogP contribution is 2.20. The second-order valence-corrected chi connectivity index (χ2v) is 7.84. The van der Waals surface area contributed by atoms with Gasteiger partial charge in [-0.1, -0.05) is 47.5 Å². The van der Waals surface area contributed by atoms with E-state index in [1.165, 1.54) is 6.08 Å². The first-order valence-corrected chi connectivity index (χ1v) is 10.3. The Kier molecular flexibility index (Phi) is 6.87. The molecule has 5 nitrogen and oxygen atoms in total. The third kappa shape index (κ3) is 5.50. The van der Waals surface area contributed by atoms with Gasteiger partial charge in [0.2, 0.25) is 0 Å². The van der Waals surface area contributed by atoms with E-state index in [4.69, 9.17) is 5.26 Å². The maximum atomic E-state index is 13.2. The number of anilines is 2. The number of hydrogen-bond acceptors (Lipinski definition) is 3. The Morgan fingerprint density at radius 2 is 1.22 bits per heavy atom. The predicted molar refractivity (Wildman–Crippen MR) is 128 cm³/mol. The van der Waals surface area contributed by atoms with Crippen molar-refractivity contribution in [2.45, 2.75) is 27.7 Å². The van der Waals surface area contributed by atoms with Crippen LogP contribution in [0, 0.1) is 39.0 Å². The molecule has 160 valence electrons. The van der Waals surface area contributed by atoms with Gasteiger partial charge in [0.25, 0.3) is 11.8 Å². The molecule has 0 saturated carbocycles. The zero-order chi connectivity index (χ0) is 23.3. The summed E-state index contributed by atoms with van der Waals surface area (Å²) >= 11 is 0.